The summed E-state index contributed by atoms with van der Waals surface area (Å²) in [7, 11) is 0. The Morgan fingerprint density at radius 1 is 1.55 bits per heavy atom. The highest BCUT2D eigenvalue weighted by atomic mass is 16.3. The van der Waals surface area contributed by atoms with Crippen molar-refractivity contribution < 1.29 is 9.90 Å². The molecule has 6 nitrogen and oxygen atoms in total. The fourth-order valence-corrected chi connectivity index (χ4v) is 2.58. The fourth-order valence-electron chi connectivity index (χ4n) is 2.58. The van der Waals surface area contributed by atoms with Crippen LogP contribution in [0.1, 0.15) is 37.2 Å². The number of anilines is 1. The molecule has 2 N–H and O–H groups in total. The molecule has 0 aliphatic carbocycles. The largest absolute Gasteiger partial charge is 0.395 e. The maximum atomic E-state index is 11.5. The first-order valence-electron chi connectivity index (χ1n) is 7.06. The number of hydrogen-bond donors (Lipinski definition) is 2. The molecule has 20 heavy (non-hydrogen) atoms. The summed E-state index contributed by atoms with van der Waals surface area (Å²) in [6.07, 6.45) is 2.05. The van der Waals surface area contributed by atoms with Gasteiger partial charge in [-0.05, 0) is 19.8 Å². The monoisotopic (exact) mass is 278 g/mol. The number of aryl methyl sites for hydroxylation is 1. The third-order valence-electron chi connectivity index (χ3n) is 3.56. The van der Waals surface area contributed by atoms with Crippen LogP contribution in [0.5, 0.6) is 0 Å². The van der Waals surface area contributed by atoms with E-state index in [2.05, 4.69) is 15.3 Å². The first kappa shape index (κ1) is 14.7. The van der Waals surface area contributed by atoms with Crippen molar-refractivity contribution in [1.29, 1.82) is 0 Å². The van der Waals surface area contributed by atoms with Crippen molar-refractivity contribution in [2.24, 2.45) is 0 Å². The van der Waals surface area contributed by atoms with E-state index in [1.54, 1.807) is 6.92 Å². The molecule has 1 aliphatic rings. The van der Waals surface area contributed by atoms with Gasteiger partial charge in [-0.25, -0.2) is 9.97 Å². The minimum Gasteiger partial charge on any atom is -0.395 e. The minimum atomic E-state index is 0.0694. The van der Waals surface area contributed by atoms with Gasteiger partial charge in [0.25, 0.3) is 0 Å². The number of aliphatic hydroxyl groups is 1. The van der Waals surface area contributed by atoms with E-state index >= 15 is 0 Å². The Balaban J connectivity index is 2.14. The predicted molar refractivity (Wildman–Crippen MR) is 76.6 cm³/mol. The zero-order valence-corrected chi connectivity index (χ0v) is 12.1. The third kappa shape index (κ3) is 3.66. The van der Waals surface area contributed by atoms with Crippen LogP contribution in [0.25, 0.3) is 0 Å². The molecule has 1 atom stereocenters. The Morgan fingerprint density at radius 3 is 3.05 bits per heavy atom. The lowest BCUT2D eigenvalue weighted by molar-refractivity contribution is -0.130. The van der Waals surface area contributed by atoms with Crippen molar-refractivity contribution in [2.75, 3.05) is 31.6 Å². The van der Waals surface area contributed by atoms with E-state index in [0.717, 1.165) is 37.4 Å². The molecule has 1 aromatic heterocycles. The van der Waals surface area contributed by atoms with Crippen molar-refractivity contribution in [3.63, 3.8) is 0 Å². The molecule has 110 valence electrons. The topological polar surface area (TPSA) is 78.4 Å². The van der Waals surface area contributed by atoms with Crippen LogP contribution in [0.4, 0.5) is 5.82 Å². The summed E-state index contributed by atoms with van der Waals surface area (Å²) in [6, 6.07) is 1.93. The molecule has 0 spiro atoms. The number of carbonyl (C=O) groups is 1. The number of aliphatic hydroxyl groups excluding tert-OH is 1. The average Bonchev–Trinajstić information content (AvgIpc) is 2.44. The number of amides is 1. The van der Waals surface area contributed by atoms with Gasteiger partial charge < -0.3 is 15.3 Å². The molecule has 1 unspecified atom stereocenters. The van der Waals surface area contributed by atoms with Crippen LogP contribution in [-0.4, -0.2) is 52.1 Å². The van der Waals surface area contributed by atoms with Gasteiger partial charge in [0.2, 0.25) is 5.91 Å². The molecule has 0 saturated carbocycles. The van der Waals surface area contributed by atoms with E-state index in [1.807, 2.05) is 17.9 Å². The summed E-state index contributed by atoms with van der Waals surface area (Å²) < 4.78 is 0. The number of rotatable bonds is 4. The van der Waals surface area contributed by atoms with E-state index in [1.165, 1.54) is 0 Å². The fraction of sp³-hybridized carbons (Fsp3) is 0.643. The number of carbonyl (C=O) groups excluding carboxylic acids is 1. The molecule has 1 saturated heterocycles. The highest BCUT2D eigenvalue weighted by molar-refractivity contribution is 5.73. The molecule has 1 aliphatic heterocycles. The van der Waals surface area contributed by atoms with Gasteiger partial charge in [0.05, 0.1) is 12.3 Å². The van der Waals surface area contributed by atoms with E-state index in [0.29, 0.717) is 12.4 Å². The highest BCUT2D eigenvalue weighted by Gasteiger charge is 2.24. The van der Waals surface area contributed by atoms with Crippen LogP contribution in [0.15, 0.2) is 6.07 Å². The second-order valence-corrected chi connectivity index (χ2v) is 5.18. The zero-order valence-electron chi connectivity index (χ0n) is 12.1. The lowest BCUT2D eigenvalue weighted by Crippen LogP contribution is -2.37. The maximum Gasteiger partial charge on any atom is 0.219 e. The highest BCUT2D eigenvalue weighted by Crippen LogP contribution is 2.26. The van der Waals surface area contributed by atoms with Crippen molar-refractivity contribution >= 4 is 11.7 Å². The lowest BCUT2D eigenvalue weighted by atomic mass is 9.94. The minimum absolute atomic E-state index is 0.0694. The van der Waals surface area contributed by atoms with E-state index in [9.17, 15) is 4.79 Å². The molecule has 0 aromatic carbocycles. The Hall–Kier alpha value is -1.69. The summed E-state index contributed by atoms with van der Waals surface area (Å²) in [5.74, 6) is 1.84. The van der Waals surface area contributed by atoms with Crippen LogP contribution in [-0.2, 0) is 4.79 Å². The van der Waals surface area contributed by atoms with Crippen molar-refractivity contribution in [2.45, 2.75) is 32.6 Å². The second-order valence-electron chi connectivity index (χ2n) is 5.18. The third-order valence-corrected chi connectivity index (χ3v) is 3.56. The number of likely N-dealkylation sites (tertiary alicyclic amines) is 1. The molecule has 2 rings (SSSR count). The van der Waals surface area contributed by atoms with Crippen molar-refractivity contribution in [3.8, 4) is 0 Å². The Labute approximate surface area is 119 Å². The van der Waals surface area contributed by atoms with Gasteiger partial charge >= 0.3 is 0 Å². The normalized spacial score (nSPS) is 18.9. The standard InChI is InChI=1S/C14H22N4O2/c1-10-16-13(8-14(17-10)15-5-7-19)12-4-3-6-18(9-12)11(2)20/h8,12,19H,3-7,9H2,1-2H3,(H,15,16,17). The van der Waals surface area contributed by atoms with Gasteiger partial charge in [-0.1, -0.05) is 0 Å². The molecule has 1 amide bonds. The molecule has 0 bridgehead atoms. The average molecular weight is 278 g/mol. The zero-order chi connectivity index (χ0) is 14.5. The Morgan fingerprint density at radius 2 is 2.35 bits per heavy atom. The van der Waals surface area contributed by atoms with Crippen molar-refractivity contribution in [1.82, 2.24) is 14.9 Å². The number of piperidine rings is 1. The lowest BCUT2D eigenvalue weighted by Gasteiger charge is -2.31. The van der Waals surface area contributed by atoms with Gasteiger partial charge in [-0.3, -0.25) is 4.79 Å². The Kier molecular flexibility index (Phi) is 4.89. The molecule has 2 heterocycles. The molecule has 1 aromatic rings. The quantitative estimate of drug-likeness (QED) is 0.856. The van der Waals surface area contributed by atoms with Crippen LogP contribution in [0.3, 0.4) is 0 Å². The van der Waals surface area contributed by atoms with Crippen LogP contribution >= 0.6 is 0 Å². The van der Waals surface area contributed by atoms with Crippen LogP contribution in [0.2, 0.25) is 0 Å². The molecular weight excluding hydrogens is 256 g/mol. The van der Waals surface area contributed by atoms with E-state index in [-0.39, 0.29) is 18.4 Å². The van der Waals surface area contributed by atoms with Crippen molar-refractivity contribution in [3.05, 3.63) is 17.6 Å². The smallest absolute Gasteiger partial charge is 0.219 e. The summed E-state index contributed by atoms with van der Waals surface area (Å²) in [5.41, 5.74) is 0.976. The molecule has 6 heteroatoms. The van der Waals surface area contributed by atoms with Gasteiger partial charge in [0.15, 0.2) is 0 Å². The van der Waals surface area contributed by atoms with Crippen LogP contribution in [0, 0.1) is 6.92 Å². The summed E-state index contributed by atoms with van der Waals surface area (Å²) in [4.78, 5) is 22.2. The van der Waals surface area contributed by atoms with E-state index in [4.69, 9.17) is 5.11 Å². The van der Waals surface area contributed by atoms with Gasteiger partial charge in [-0.15, -0.1) is 0 Å². The number of hydrogen-bond acceptors (Lipinski definition) is 5. The summed E-state index contributed by atoms with van der Waals surface area (Å²) >= 11 is 0. The summed E-state index contributed by atoms with van der Waals surface area (Å²) in [6.45, 7) is 5.58. The van der Waals surface area contributed by atoms with E-state index < -0.39 is 0 Å². The Bertz CT molecular complexity index is 478. The van der Waals surface area contributed by atoms with Crippen LogP contribution < -0.4 is 5.32 Å². The van der Waals surface area contributed by atoms with Gasteiger partial charge in [-0.2, -0.15) is 0 Å². The number of aromatic nitrogens is 2. The molecular formula is C14H22N4O2. The second kappa shape index (κ2) is 6.65. The maximum absolute atomic E-state index is 11.5. The van der Waals surface area contributed by atoms with Gasteiger partial charge in [0, 0.05) is 38.5 Å². The molecule has 1 fully saturated rings. The van der Waals surface area contributed by atoms with Gasteiger partial charge in [0.1, 0.15) is 11.6 Å². The SMILES string of the molecule is CC(=O)N1CCCC(c2cc(NCCO)nc(C)n2)C1. The number of nitrogens with one attached hydrogen (secondary N) is 1. The molecule has 0 radical (unpaired) electrons. The predicted octanol–water partition coefficient (Wildman–Crippen LogP) is 0.915. The number of nitrogens with zero attached hydrogens (tertiary/aromatic N) is 3. The first-order valence-corrected chi connectivity index (χ1v) is 7.06. The summed E-state index contributed by atoms with van der Waals surface area (Å²) in [5, 5.41) is 11.9. The first-order chi connectivity index (χ1) is 9.60.